The molecule has 1 aliphatic heterocycles. The first-order valence-electron chi connectivity index (χ1n) is 9.49. The third-order valence-electron chi connectivity index (χ3n) is 5.42. The minimum Gasteiger partial charge on any atom is -0.344 e. The van der Waals surface area contributed by atoms with E-state index in [0.29, 0.717) is 18.5 Å². The molecule has 1 fully saturated rings. The highest BCUT2D eigenvalue weighted by molar-refractivity contribution is 7.91. The third-order valence-corrected chi connectivity index (χ3v) is 7.17. The quantitative estimate of drug-likeness (QED) is 0.684. The van der Waals surface area contributed by atoms with E-state index >= 15 is 0 Å². The first kappa shape index (κ1) is 19.8. The van der Waals surface area contributed by atoms with Crippen LogP contribution in [-0.2, 0) is 16.4 Å². The van der Waals surface area contributed by atoms with Gasteiger partial charge in [0, 0.05) is 29.5 Å². The zero-order valence-corrected chi connectivity index (χ0v) is 17.1. The number of carbonyl (C=O) groups is 1. The monoisotopic (exact) mass is 388 g/mol. The molecule has 1 aromatic carbocycles. The van der Waals surface area contributed by atoms with Crippen molar-refractivity contribution < 1.29 is 13.2 Å². The number of hydrogen-bond acceptors (Lipinski definition) is 4. The molecule has 2 aromatic rings. The minimum absolute atomic E-state index is 0.0526. The van der Waals surface area contributed by atoms with Crippen LogP contribution in [0.5, 0.6) is 0 Å². The summed E-state index contributed by atoms with van der Waals surface area (Å²) in [5, 5.41) is 0. The van der Waals surface area contributed by atoms with Gasteiger partial charge < -0.3 is 4.57 Å². The van der Waals surface area contributed by atoms with Crippen LogP contribution in [0.3, 0.4) is 0 Å². The van der Waals surface area contributed by atoms with Crippen LogP contribution in [0.1, 0.15) is 46.7 Å². The lowest BCUT2D eigenvalue weighted by molar-refractivity contribution is 0.0928. The van der Waals surface area contributed by atoms with Crippen LogP contribution in [0.25, 0.3) is 0 Å². The lowest BCUT2D eigenvalue weighted by atomic mass is 10.1. The molecule has 3 rings (SSSR count). The largest absolute Gasteiger partial charge is 0.344 e. The van der Waals surface area contributed by atoms with Crippen LogP contribution in [0.2, 0.25) is 0 Å². The summed E-state index contributed by atoms with van der Waals surface area (Å²) >= 11 is 0. The molecule has 1 aromatic heterocycles. The highest BCUT2D eigenvalue weighted by atomic mass is 32.2. The number of sulfone groups is 1. The fraction of sp³-hybridized carbons (Fsp3) is 0.476. The molecule has 0 aliphatic carbocycles. The molecule has 0 radical (unpaired) electrons. The van der Waals surface area contributed by atoms with E-state index in [1.54, 1.807) is 0 Å². The Bertz CT molecular complexity index is 916. The fourth-order valence-corrected chi connectivity index (χ4v) is 5.71. The second-order valence-corrected chi connectivity index (χ2v) is 9.65. The number of nitrogens with zero attached hydrogens (tertiary/aromatic N) is 2. The molecule has 5 nitrogen and oxygen atoms in total. The highest BCUT2D eigenvalue weighted by Crippen LogP contribution is 2.29. The Kier molecular flexibility index (Phi) is 5.86. The summed E-state index contributed by atoms with van der Waals surface area (Å²) in [6.45, 7) is 7.83. The average molecular weight is 389 g/mol. The predicted molar refractivity (Wildman–Crippen MR) is 108 cm³/mol. The molecular formula is C21H28N2O3S. The number of ketones is 1. The van der Waals surface area contributed by atoms with Crippen LogP contribution in [0.15, 0.2) is 36.4 Å². The molecule has 6 heteroatoms. The second kappa shape index (κ2) is 7.98. The number of aryl methyl sites for hydroxylation is 1. The van der Waals surface area contributed by atoms with Gasteiger partial charge in [0.2, 0.25) is 0 Å². The summed E-state index contributed by atoms with van der Waals surface area (Å²) < 4.78 is 25.7. The van der Waals surface area contributed by atoms with Crippen molar-refractivity contribution in [3.63, 3.8) is 0 Å². The summed E-state index contributed by atoms with van der Waals surface area (Å²) in [5.74, 6) is 0.498. The van der Waals surface area contributed by atoms with Gasteiger partial charge in [-0.3, -0.25) is 9.69 Å². The predicted octanol–water partition coefficient (Wildman–Crippen LogP) is 3.17. The number of benzene rings is 1. The summed E-state index contributed by atoms with van der Waals surface area (Å²) in [4.78, 5) is 15.1. The Morgan fingerprint density at radius 2 is 1.93 bits per heavy atom. The van der Waals surface area contributed by atoms with Gasteiger partial charge in [-0.25, -0.2) is 8.42 Å². The molecule has 0 amide bonds. The van der Waals surface area contributed by atoms with E-state index in [1.165, 1.54) is 5.56 Å². The molecule has 27 heavy (non-hydrogen) atoms. The van der Waals surface area contributed by atoms with E-state index < -0.39 is 9.84 Å². The standard InChI is InChI=1S/C21H28N2O3S/c1-4-22(13-18-8-6-5-7-9-18)14-21(24)20-12-16(2)23(17(20)3)19-10-11-27(25,26)15-19/h5-9,12,19H,4,10-11,13-15H2,1-3H3. The number of aromatic nitrogens is 1. The molecule has 1 aliphatic rings. The Morgan fingerprint density at radius 3 is 2.52 bits per heavy atom. The van der Waals surface area contributed by atoms with E-state index in [9.17, 15) is 13.2 Å². The average Bonchev–Trinajstić information content (AvgIpc) is 3.13. The number of rotatable bonds is 7. The SMILES string of the molecule is CCN(CC(=O)c1cc(C)n(C2CCS(=O)(=O)C2)c1C)Cc1ccccc1. The molecule has 0 spiro atoms. The molecule has 0 N–H and O–H groups in total. The first-order valence-corrected chi connectivity index (χ1v) is 11.3. The van der Waals surface area contributed by atoms with Gasteiger partial charge in [-0.1, -0.05) is 37.3 Å². The lowest BCUT2D eigenvalue weighted by Gasteiger charge is -2.20. The van der Waals surface area contributed by atoms with Crippen LogP contribution < -0.4 is 0 Å². The van der Waals surface area contributed by atoms with Gasteiger partial charge in [0.1, 0.15) is 0 Å². The molecule has 146 valence electrons. The fourth-order valence-electron chi connectivity index (χ4n) is 4.01. The van der Waals surface area contributed by atoms with E-state index in [-0.39, 0.29) is 23.3 Å². The highest BCUT2D eigenvalue weighted by Gasteiger charge is 2.31. The van der Waals surface area contributed by atoms with Crippen molar-refractivity contribution >= 4 is 15.6 Å². The van der Waals surface area contributed by atoms with Gasteiger partial charge in [-0.2, -0.15) is 0 Å². The molecule has 0 bridgehead atoms. The molecule has 2 heterocycles. The smallest absolute Gasteiger partial charge is 0.178 e. The van der Waals surface area contributed by atoms with Gasteiger partial charge in [0.05, 0.1) is 18.1 Å². The zero-order valence-electron chi connectivity index (χ0n) is 16.3. The van der Waals surface area contributed by atoms with Crippen LogP contribution in [0, 0.1) is 13.8 Å². The van der Waals surface area contributed by atoms with E-state index in [0.717, 1.165) is 24.5 Å². The maximum Gasteiger partial charge on any atom is 0.178 e. The van der Waals surface area contributed by atoms with Gasteiger partial charge in [-0.05, 0) is 38.4 Å². The van der Waals surface area contributed by atoms with Gasteiger partial charge in [-0.15, -0.1) is 0 Å². The molecule has 1 unspecified atom stereocenters. The van der Waals surface area contributed by atoms with E-state index in [1.807, 2.05) is 42.7 Å². The van der Waals surface area contributed by atoms with Crippen molar-refractivity contribution in [2.75, 3.05) is 24.6 Å². The maximum absolute atomic E-state index is 13.0. The van der Waals surface area contributed by atoms with E-state index in [4.69, 9.17) is 0 Å². The van der Waals surface area contributed by atoms with Gasteiger partial charge in [0.15, 0.2) is 15.6 Å². The Balaban J connectivity index is 1.76. The summed E-state index contributed by atoms with van der Waals surface area (Å²) in [6.07, 6.45) is 0.626. The van der Waals surface area contributed by atoms with Crippen LogP contribution >= 0.6 is 0 Å². The summed E-state index contributed by atoms with van der Waals surface area (Å²) in [5.41, 5.74) is 3.75. The van der Waals surface area contributed by atoms with Crippen LogP contribution in [-0.4, -0.2) is 48.3 Å². The van der Waals surface area contributed by atoms with Crippen molar-refractivity contribution in [3.05, 3.63) is 58.9 Å². The van der Waals surface area contributed by atoms with E-state index in [2.05, 4.69) is 24.0 Å². The van der Waals surface area contributed by atoms with Crippen LogP contribution in [0.4, 0.5) is 0 Å². The number of hydrogen-bond donors (Lipinski definition) is 0. The second-order valence-electron chi connectivity index (χ2n) is 7.42. The van der Waals surface area contributed by atoms with Gasteiger partial charge >= 0.3 is 0 Å². The molecule has 0 saturated carbocycles. The van der Waals surface area contributed by atoms with Crippen molar-refractivity contribution in [3.8, 4) is 0 Å². The van der Waals surface area contributed by atoms with Crippen molar-refractivity contribution in [1.29, 1.82) is 0 Å². The molecular weight excluding hydrogens is 360 g/mol. The molecule has 1 atom stereocenters. The summed E-state index contributed by atoms with van der Waals surface area (Å²) in [7, 11) is -2.96. The summed E-state index contributed by atoms with van der Waals surface area (Å²) in [6, 6.07) is 12.0. The van der Waals surface area contributed by atoms with Crippen molar-refractivity contribution in [2.24, 2.45) is 0 Å². The zero-order chi connectivity index (χ0) is 19.6. The third kappa shape index (κ3) is 4.50. The normalized spacial score (nSPS) is 18.9. The Hall–Kier alpha value is -1.92. The van der Waals surface area contributed by atoms with Crippen molar-refractivity contribution in [1.82, 2.24) is 9.47 Å². The Morgan fingerprint density at radius 1 is 1.22 bits per heavy atom. The lowest BCUT2D eigenvalue weighted by Crippen LogP contribution is -2.29. The Labute approximate surface area is 161 Å². The minimum atomic E-state index is -2.96. The van der Waals surface area contributed by atoms with Gasteiger partial charge in [0.25, 0.3) is 0 Å². The topological polar surface area (TPSA) is 59.4 Å². The first-order chi connectivity index (χ1) is 12.8. The number of carbonyl (C=O) groups excluding carboxylic acids is 1. The maximum atomic E-state index is 13.0. The number of Topliss-reactive ketones (excluding diaryl/α,β-unsaturated/α-hetero) is 1. The number of likely N-dealkylation sites (N-methyl/N-ethyl adjacent to an activating group) is 1. The molecule has 1 saturated heterocycles. The van der Waals surface area contributed by atoms with Crippen molar-refractivity contribution in [2.45, 2.75) is 39.8 Å².